The molecule has 0 spiro atoms. The van der Waals surface area contributed by atoms with E-state index in [2.05, 4.69) is 6.58 Å². The van der Waals surface area contributed by atoms with Crippen LogP contribution in [0.2, 0.25) is 0 Å². The Morgan fingerprint density at radius 2 is 1.50 bits per heavy atom. The van der Waals surface area contributed by atoms with Crippen LogP contribution in [0.1, 0.15) is 0 Å². The Bertz CT molecular complexity index is 53.1. The maximum absolute atomic E-state index is 10.1. The molecule has 0 N–H and O–H groups in total. The van der Waals surface area contributed by atoms with Gasteiger partial charge in [0.2, 0.25) is 0 Å². The van der Waals surface area contributed by atoms with Gasteiger partial charge in [0.15, 0.2) is 0 Å². The van der Waals surface area contributed by atoms with Crippen LogP contribution in [0.4, 0.5) is 8.78 Å². The van der Waals surface area contributed by atoms with E-state index in [0.717, 1.165) is 0 Å². The second-order valence-electron chi connectivity index (χ2n) is 0.339. The predicted octanol–water partition coefficient (Wildman–Crippen LogP) is 1.49. The normalized spacial score (nSPS) is 4.67. The van der Waals surface area contributed by atoms with Crippen molar-refractivity contribution >= 4 is 0 Å². The van der Waals surface area contributed by atoms with Gasteiger partial charge >= 0.3 is 0 Å². The summed E-state index contributed by atoms with van der Waals surface area (Å²) in [5.41, 5.74) is 0. The van der Waals surface area contributed by atoms with Crippen LogP contribution in [0.15, 0.2) is 12.7 Å². The Labute approximate surface area is 34.5 Å². The van der Waals surface area contributed by atoms with Crippen molar-refractivity contribution in [1.29, 1.82) is 5.26 Å². The van der Waals surface area contributed by atoms with Gasteiger partial charge < -0.3 is 11.8 Å². The third-order valence-corrected chi connectivity index (χ3v) is 0. The van der Waals surface area contributed by atoms with Crippen LogP contribution in [0.25, 0.3) is 0 Å². The molecule has 0 saturated carbocycles. The lowest BCUT2D eigenvalue weighted by Gasteiger charge is -1.54. The first-order chi connectivity index (χ1) is 2.73. The minimum Gasteiger partial charge on any atom is -0.512 e. The number of hydrogen-bond donors (Lipinski definition) is 0. The van der Waals surface area contributed by atoms with E-state index >= 15 is 0 Å². The standard InChI is InChI=1S/C2H2F2.CN/c1-2(3)4;1-2/h1H2;/q;-1. The highest BCUT2D eigenvalue weighted by molar-refractivity contribution is 4.57. The lowest BCUT2D eigenvalue weighted by Crippen LogP contribution is -1.33. The molecule has 3 heteroatoms. The lowest BCUT2D eigenvalue weighted by molar-refractivity contribution is 0.426. The monoisotopic (exact) mass is 90.0 g/mol. The SMILES string of the molecule is C=C(F)F.[C-]#N. The molecule has 0 aromatic carbocycles. The molecule has 0 atom stereocenters. The molecule has 0 aliphatic heterocycles. The molecule has 0 heterocycles. The van der Waals surface area contributed by atoms with Gasteiger partial charge in [-0.05, 0) is 6.58 Å². The van der Waals surface area contributed by atoms with Gasteiger partial charge in [0.1, 0.15) is 0 Å². The molecule has 0 aliphatic rings. The fourth-order valence-electron chi connectivity index (χ4n) is 0. The largest absolute Gasteiger partial charge is 0.512 e. The van der Waals surface area contributed by atoms with Crippen molar-refractivity contribution in [3.05, 3.63) is 19.2 Å². The van der Waals surface area contributed by atoms with Gasteiger partial charge in [-0.2, -0.15) is 8.78 Å². The number of nitrogens with zero attached hydrogens (tertiary/aromatic N) is 1. The number of rotatable bonds is 0. The zero-order valence-corrected chi connectivity index (χ0v) is 2.91. The summed E-state index contributed by atoms with van der Waals surface area (Å²) < 4.78 is 20.3. The van der Waals surface area contributed by atoms with Crippen LogP contribution >= 0.6 is 0 Å². The molecule has 0 bridgehead atoms. The van der Waals surface area contributed by atoms with Crippen molar-refractivity contribution in [1.82, 2.24) is 0 Å². The summed E-state index contributed by atoms with van der Waals surface area (Å²) in [6, 6.07) is 0. The first-order valence-electron chi connectivity index (χ1n) is 0.955. The number of halogens is 2. The second kappa shape index (κ2) is 8.94. The molecule has 1 nitrogen and oxygen atoms in total. The second-order valence-corrected chi connectivity index (χ2v) is 0.339. The molecule has 0 amide bonds. The molecule has 0 radical (unpaired) electrons. The van der Waals surface area contributed by atoms with E-state index in [0.29, 0.717) is 0 Å². The molecule has 34 valence electrons. The van der Waals surface area contributed by atoms with Crippen molar-refractivity contribution < 1.29 is 8.78 Å². The first-order valence-corrected chi connectivity index (χ1v) is 0.955. The van der Waals surface area contributed by atoms with E-state index in [1.165, 1.54) is 0 Å². The highest BCUT2D eigenvalue weighted by Crippen LogP contribution is 1.85. The average molecular weight is 90.1 g/mol. The fourth-order valence-corrected chi connectivity index (χ4v) is 0. The van der Waals surface area contributed by atoms with Gasteiger partial charge in [-0.3, -0.25) is 0 Å². The first kappa shape index (κ1) is 8.92. The molecule has 0 aromatic heterocycles. The summed E-state index contributed by atoms with van der Waals surface area (Å²) in [5, 5.41) is 6.25. The third-order valence-electron chi connectivity index (χ3n) is 0. The molecule has 0 fully saturated rings. The molecular formula is C3H2F2N-. The van der Waals surface area contributed by atoms with E-state index in [9.17, 15) is 8.78 Å². The molecule has 0 aliphatic carbocycles. The van der Waals surface area contributed by atoms with Crippen molar-refractivity contribution in [2.75, 3.05) is 0 Å². The van der Waals surface area contributed by atoms with Crippen LogP contribution in [0, 0.1) is 11.8 Å². The number of hydrogen-bond acceptors (Lipinski definition) is 1. The summed E-state index contributed by atoms with van der Waals surface area (Å²) in [6.07, 6.45) is -1.83. The van der Waals surface area contributed by atoms with E-state index in [4.69, 9.17) is 11.8 Å². The van der Waals surface area contributed by atoms with Crippen LogP contribution in [-0.2, 0) is 0 Å². The Kier molecular flexibility index (Phi) is 13.3. The summed E-state index contributed by atoms with van der Waals surface area (Å²) in [6.45, 7) is 6.97. The van der Waals surface area contributed by atoms with Crippen LogP contribution in [0.5, 0.6) is 0 Å². The van der Waals surface area contributed by atoms with Crippen LogP contribution < -0.4 is 0 Å². The molecule has 0 unspecified atom stereocenters. The van der Waals surface area contributed by atoms with Gasteiger partial charge in [0.05, 0.1) is 0 Å². The third kappa shape index (κ3) is 16.3. The molecular weight excluding hydrogens is 88.0 g/mol. The summed E-state index contributed by atoms with van der Waals surface area (Å²) in [4.78, 5) is 0. The topological polar surface area (TPSA) is 23.8 Å². The maximum Gasteiger partial charge on any atom is 0.263 e. The van der Waals surface area contributed by atoms with Gasteiger partial charge in [0, 0.05) is 0 Å². The van der Waals surface area contributed by atoms with Gasteiger partial charge in [0.25, 0.3) is 6.08 Å². The minimum absolute atomic E-state index is 1.83. The minimum atomic E-state index is -1.83. The molecule has 0 rings (SSSR count). The summed E-state index contributed by atoms with van der Waals surface area (Å²) in [7, 11) is 0. The zero-order valence-electron chi connectivity index (χ0n) is 2.91. The highest BCUT2D eigenvalue weighted by atomic mass is 19.3. The van der Waals surface area contributed by atoms with E-state index in [1.54, 1.807) is 0 Å². The lowest BCUT2D eigenvalue weighted by atomic mass is 11.2. The van der Waals surface area contributed by atoms with E-state index < -0.39 is 6.08 Å². The summed E-state index contributed by atoms with van der Waals surface area (Å²) >= 11 is 0. The van der Waals surface area contributed by atoms with Crippen molar-refractivity contribution in [2.45, 2.75) is 0 Å². The predicted molar refractivity (Wildman–Crippen MR) is 16.3 cm³/mol. The maximum atomic E-state index is 10.1. The van der Waals surface area contributed by atoms with Crippen molar-refractivity contribution in [3.63, 3.8) is 0 Å². The Hall–Kier alpha value is -0.910. The van der Waals surface area contributed by atoms with E-state index in [1.807, 2.05) is 0 Å². The van der Waals surface area contributed by atoms with Gasteiger partial charge in [-0.15, -0.1) is 0 Å². The smallest absolute Gasteiger partial charge is 0.263 e. The van der Waals surface area contributed by atoms with Crippen LogP contribution in [-0.4, -0.2) is 0 Å². The van der Waals surface area contributed by atoms with Crippen LogP contribution in [0.3, 0.4) is 0 Å². The zero-order chi connectivity index (χ0) is 5.58. The molecule has 0 saturated heterocycles. The van der Waals surface area contributed by atoms with Gasteiger partial charge in [-0.1, -0.05) is 0 Å². The Morgan fingerprint density at radius 3 is 1.50 bits per heavy atom. The molecule has 6 heavy (non-hydrogen) atoms. The highest BCUT2D eigenvalue weighted by Gasteiger charge is 1.65. The average Bonchev–Trinajstić information content (AvgIpc) is 1.41. The Morgan fingerprint density at radius 1 is 1.50 bits per heavy atom. The van der Waals surface area contributed by atoms with Crippen molar-refractivity contribution in [2.24, 2.45) is 0 Å². The summed E-state index contributed by atoms with van der Waals surface area (Å²) in [5.74, 6) is 0. The Balaban J connectivity index is 0. The van der Waals surface area contributed by atoms with E-state index in [-0.39, 0.29) is 0 Å². The molecule has 0 aromatic rings. The van der Waals surface area contributed by atoms with Crippen molar-refractivity contribution in [3.8, 4) is 0 Å². The van der Waals surface area contributed by atoms with Gasteiger partial charge in [-0.25, -0.2) is 0 Å². The quantitative estimate of drug-likeness (QED) is 0.413. The fraction of sp³-hybridized carbons (Fsp3) is 0.